The lowest BCUT2D eigenvalue weighted by Crippen LogP contribution is -2.45. The number of rotatable bonds is 4. The molecule has 0 spiro atoms. The van der Waals surface area contributed by atoms with Gasteiger partial charge in [-0.3, -0.25) is 24.6 Å². The fourth-order valence-corrected chi connectivity index (χ4v) is 5.09. The molecule has 2 aliphatic heterocycles. The maximum absolute atomic E-state index is 14.5. The van der Waals surface area contributed by atoms with Gasteiger partial charge in [0.25, 0.3) is 11.1 Å². The molecule has 2 aliphatic rings. The highest BCUT2D eigenvalue weighted by Crippen LogP contribution is 2.45. The zero-order valence-electron chi connectivity index (χ0n) is 19.1. The minimum absolute atomic E-state index is 0.234. The molecule has 8 heteroatoms. The molecular formula is C25H25FN2O4S. The summed E-state index contributed by atoms with van der Waals surface area (Å²) in [6, 6.07) is 9.29. The Bertz CT molecular complexity index is 1220. The Hall–Kier alpha value is -3.13. The van der Waals surface area contributed by atoms with E-state index in [1.165, 1.54) is 11.8 Å². The molecule has 1 saturated heterocycles. The summed E-state index contributed by atoms with van der Waals surface area (Å²) < 4.78 is 20.1. The van der Waals surface area contributed by atoms with Gasteiger partial charge < -0.3 is 4.74 Å². The number of carbonyl (C=O) groups is 3. The van der Waals surface area contributed by atoms with Crippen molar-refractivity contribution in [3.8, 4) is 16.9 Å². The fraction of sp³-hybridized carbons (Fsp3) is 0.320. The molecule has 2 aromatic carbocycles. The van der Waals surface area contributed by atoms with E-state index in [2.05, 4.69) is 5.32 Å². The van der Waals surface area contributed by atoms with Crippen LogP contribution in [0.25, 0.3) is 17.2 Å². The molecule has 6 nitrogen and oxygen atoms in total. The number of anilines is 1. The number of ether oxygens (including phenoxy) is 1. The van der Waals surface area contributed by atoms with Crippen LogP contribution in [0.1, 0.15) is 43.9 Å². The van der Waals surface area contributed by atoms with Crippen LogP contribution in [-0.2, 0) is 15.0 Å². The molecular weight excluding hydrogens is 443 g/mol. The van der Waals surface area contributed by atoms with Crippen molar-refractivity contribution in [2.45, 2.75) is 45.8 Å². The summed E-state index contributed by atoms with van der Waals surface area (Å²) in [5.41, 5.74) is 4.25. The number of carbonyl (C=O) groups excluding carboxylic acids is 3. The second-order valence-corrected chi connectivity index (χ2v) is 9.91. The van der Waals surface area contributed by atoms with Crippen LogP contribution < -0.4 is 15.0 Å². The first-order valence-corrected chi connectivity index (χ1v) is 11.4. The first-order chi connectivity index (χ1) is 15.5. The van der Waals surface area contributed by atoms with Crippen molar-refractivity contribution in [1.82, 2.24) is 5.32 Å². The monoisotopic (exact) mass is 468 g/mol. The van der Waals surface area contributed by atoms with Gasteiger partial charge in [0, 0.05) is 17.4 Å². The summed E-state index contributed by atoms with van der Waals surface area (Å²) in [5.74, 6) is -0.0848. The van der Waals surface area contributed by atoms with Crippen LogP contribution in [-0.4, -0.2) is 30.5 Å². The van der Waals surface area contributed by atoms with Crippen LogP contribution in [0.2, 0.25) is 0 Å². The first kappa shape index (κ1) is 23.0. The molecule has 3 amide bonds. The van der Waals surface area contributed by atoms with Gasteiger partial charge in [0.15, 0.2) is 6.30 Å². The molecule has 1 atom stereocenters. The lowest BCUT2D eigenvalue weighted by atomic mass is 9.75. The van der Waals surface area contributed by atoms with Crippen molar-refractivity contribution < 1.29 is 23.5 Å². The third kappa shape index (κ3) is 4.15. The Morgan fingerprint density at radius 1 is 1.18 bits per heavy atom. The van der Waals surface area contributed by atoms with E-state index in [0.29, 0.717) is 21.9 Å². The molecule has 33 heavy (non-hydrogen) atoms. The summed E-state index contributed by atoms with van der Waals surface area (Å²) in [7, 11) is 1.56. The number of nitrogens with zero attached hydrogens (tertiary/aromatic N) is 1. The number of fused-ring (bicyclic) bond motifs is 1. The maximum atomic E-state index is 14.5. The van der Waals surface area contributed by atoms with Gasteiger partial charge in [-0.15, -0.1) is 0 Å². The minimum atomic E-state index is -1.46. The van der Waals surface area contributed by atoms with Crippen molar-refractivity contribution in [3.05, 3.63) is 51.9 Å². The molecule has 2 heterocycles. The van der Waals surface area contributed by atoms with Gasteiger partial charge in [0.05, 0.1) is 17.7 Å². The number of thioether (sulfide) groups is 1. The summed E-state index contributed by atoms with van der Waals surface area (Å²) in [6.45, 7) is 7.30. The maximum Gasteiger partial charge on any atom is 0.290 e. The average Bonchev–Trinajstić information content (AvgIpc) is 3.04. The molecule has 0 aromatic heterocycles. The molecule has 2 aromatic rings. The quantitative estimate of drug-likeness (QED) is 0.485. The second kappa shape index (κ2) is 8.33. The summed E-state index contributed by atoms with van der Waals surface area (Å²) in [5, 5.41) is 1.84. The van der Waals surface area contributed by atoms with Crippen molar-refractivity contribution in [2.24, 2.45) is 0 Å². The highest BCUT2D eigenvalue weighted by Gasteiger charge is 2.39. The number of hydrogen-bond donors (Lipinski definition) is 1. The van der Waals surface area contributed by atoms with Crippen molar-refractivity contribution in [1.29, 1.82) is 0 Å². The van der Waals surface area contributed by atoms with E-state index in [-0.39, 0.29) is 12.3 Å². The molecule has 0 bridgehead atoms. The number of methoxy groups -OCH3 is 1. The Morgan fingerprint density at radius 2 is 1.91 bits per heavy atom. The normalized spacial score (nSPS) is 19.5. The third-order valence-electron chi connectivity index (χ3n) is 6.00. The number of hydrogen-bond acceptors (Lipinski definition) is 5. The Balaban J connectivity index is 1.89. The van der Waals surface area contributed by atoms with E-state index in [1.807, 2.05) is 39.0 Å². The number of benzene rings is 2. The number of aryl methyl sites for hydroxylation is 1. The molecule has 0 saturated carbocycles. The predicted molar refractivity (Wildman–Crippen MR) is 128 cm³/mol. The van der Waals surface area contributed by atoms with Gasteiger partial charge in [-0.2, -0.15) is 0 Å². The van der Waals surface area contributed by atoms with E-state index in [4.69, 9.17) is 4.74 Å². The third-order valence-corrected chi connectivity index (χ3v) is 6.81. The number of alkyl halides is 1. The first-order valence-electron chi connectivity index (χ1n) is 10.6. The highest BCUT2D eigenvalue weighted by molar-refractivity contribution is 8.18. The van der Waals surface area contributed by atoms with Gasteiger partial charge in [-0.25, -0.2) is 4.39 Å². The molecule has 1 N–H and O–H groups in total. The van der Waals surface area contributed by atoms with Crippen molar-refractivity contribution >= 4 is 40.6 Å². The van der Waals surface area contributed by atoms with Gasteiger partial charge in [-0.05, 0) is 72.1 Å². The standard InChI is InChI=1S/C25H25FN2O4S/c1-13-8-18-19(28(14(2)26)22(29)12-25(18,3)4)11-16(13)17-9-15(6-7-20(17)32-5)10-21-23(30)27-24(31)33-21/h6-11,14H,12H2,1-5H3,(H,27,30,31)/b21-10-. The molecule has 4 rings (SSSR count). The van der Waals surface area contributed by atoms with Crippen molar-refractivity contribution in [2.75, 3.05) is 12.0 Å². The molecule has 1 fully saturated rings. The molecule has 0 radical (unpaired) electrons. The second-order valence-electron chi connectivity index (χ2n) is 8.89. The zero-order chi connectivity index (χ0) is 24.1. The number of halogens is 1. The fourth-order valence-electron chi connectivity index (χ4n) is 4.41. The Labute approximate surface area is 196 Å². The molecule has 172 valence electrons. The van der Waals surface area contributed by atoms with Crippen LogP contribution in [0.4, 0.5) is 14.9 Å². The number of amides is 3. The van der Waals surface area contributed by atoms with E-state index < -0.39 is 22.9 Å². The van der Waals surface area contributed by atoms with Crippen LogP contribution in [0, 0.1) is 6.92 Å². The van der Waals surface area contributed by atoms with Crippen LogP contribution in [0.5, 0.6) is 5.75 Å². The van der Waals surface area contributed by atoms with Gasteiger partial charge in [0.2, 0.25) is 5.91 Å². The van der Waals surface area contributed by atoms with Gasteiger partial charge in [0.1, 0.15) is 5.75 Å². The van der Waals surface area contributed by atoms with Gasteiger partial charge in [-0.1, -0.05) is 26.0 Å². The predicted octanol–water partition coefficient (Wildman–Crippen LogP) is 5.32. The Morgan fingerprint density at radius 3 is 2.52 bits per heavy atom. The topological polar surface area (TPSA) is 75.7 Å². The van der Waals surface area contributed by atoms with E-state index in [9.17, 15) is 18.8 Å². The van der Waals surface area contributed by atoms with Crippen LogP contribution in [0.15, 0.2) is 35.2 Å². The van der Waals surface area contributed by atoms with E-state index >= 15 is 0 Å². The number of imide groups is 1. The number of nitrogens with one attached hydrogen (secondary N) is 1. The SMILES string of the molecule is COc1ccc(/C=C2\SC(=O)NC2=O)cc1-c1cc2c(cc1C)C(C)(C)CC(=O)N2C(C)F. The summed E-state index contributed by atoms with van der Waals surface area (Å²) in [6.07, 6.45) is 0.415. The van der Waals surface area contributed by atoms with Crippen LogP contribution in [0.3, 0.4) is 0 Å². The lowest BCUT2D eigenvalue weighted by molar-refractivity contribution is -0.121. The van der Waals surface area contributed by atoms with Gasteiger partial charge >= 0.3 is 0 Å². The molecule has 1 unspecified atom stereocenters. The highest BCUT2D eigenvalue weighted by atomic mass is 32.2. The summed E-state index contributed by atoms with van der Waals surface area (Å²) >= 11 is 0.850. The summed E-state index contributed by atoms with van der Waals surface area (Å²) in [4.78, 5) is 37.7. The minimum Gasteiger partial charge on any atom is -0.496 e. The zero-order valence-corrected chi connectivity index (χ0v) is 19.9. The Kier molecular flexibility index (Phi) is 5.82. The smallest absolute Gasteiger partial charge is 0.290 e. The average molecular weight is 469 g/mol. The van der Waals surface area contributed by atoms with Crippen LogP contribution >= 0.6 is 11.8 Å². The molecule has 0 aliphatic carbocycles. The lowest BCUT2D eigenvalue weighted by Gasteiger charge is -2.40. The van der Waals surface area contributed by atoms with E-state index in [1.54, 1.807) is 25.3 Å². The van der Waals surface area contributed by atoms with E-state index in [0.717, 1.165) is 34.0 Å². The van der Waals surface area contributed by atoms with Crippen molar-refractivity contribution in [3.63, 3.8) is 0 Å². The largest absolute Gasteiger partial charge is 0.496 e.